The summed E-state index contributed by atoms with van der Waals surface area (Å²) in [4.78, 5) is 0. The summed E-state index contributed by atoms with van der Waals surface area (Å²) in [6, 6.07) is 70.3. The minimum absolute atomic E-state index is 1.05. The number of nitrogens with zero attached hydrogens (tertiary/aromatic N) is 1. The summed E-state index contributed by atoms with van der Waals surface area (Å²) in [7, 11) is 0. The smallest absolute Gasteiger partial charge is 0.0541 e. The van der Waals surface area contributed by atoms with Gasteiger partial charge in [-0.2, -0.15) is 0 Å². The topological polar surface area (TPSA) is 17.0 Å². The molecule has 0 saturated heterocycles. The Kier molecular flexibility index (Phi) is 8.70. The van der Waals surface area contributed by atoms with E-state index in [1.165, 1.54) is 77.6 Å². The summed E-state index contributed by atoms with van der Waals surface area (Å²) in [6.07, 6.45) is 8.85. The first-order valence-corrected chi connectivity index (χ1v) is 19.5. The van der Waals surface area contributed by atoms with E-state index in [4.69, 9.17) is 0 Å². The number of fused-ring (bicyclic) bond motifs is 3. The number of aromatic nitrogens is 1. The van der Waals surface area contributed by atoms with E-state index in [1.807, 2.05) is 0 Å². The van der Waals surface area contributed by atoms with Gasteiger partial charge in [0.05, 0.1) is 11.0 Å². The zero-order chi connectivity index (χ0) is 37.3. The number of hydrogen-bond donors (Lipinski definition) is 1. The molecule has 1 aliphatic rings. The Morgan fingerprint density at radius 1 is 0.411 bits per heavy atom. The lowest BCUT2D eigenvalue weighted by Gasteiger charge is -2.16. The fraction of sp³-hybridized carbons (Fsp3) is 0.0370. The largest absolute Gasteiger partial charge is 0.355 e. The number of nitrogens with one attached hydrogen (secondary N) is 1. The van der Waals surface area contributed by atoms with Gasteiger partial charge in [0, 0.05) is 33.4 Å². The second kappa shape index (κ2) is 14.6. The molecule has 0 radical (unpaired) electrons. The van der Waals surface area contributed by atoms with Crippen molar-refractivity contribution in [3.63, 3.8) is 0 Å². The van der Waals surface area contributed by atoms with Crippen molar-refractivity contribution in [1.29, 1.82) is 0 Å². The SMILES string of the molecule is C1=CCCC(c2cc(-c3ccccc3)cc(-n3c4ccccc4c4cc(-c5cccc(-c6ccccc6Nc6ccc(-c7ccccc7)cc6)c5)ccc43)c2)=C1. The molecule has 0 amide bonds. The Morgan fingerprint density at radius 3 is 1.82 bits per heavy atom. The molecule has 2 nitrogen and oxygen atoms in total. The second-order valence-electron chi connectivity index (χ2n) is 14.6. The Hall–Kier alpha value is -7.16. The van der Waals surface area contributed by atoms with Crippen LogP contribution in [0.1, 0.15) is 18.4 Å². The highest BCUT2D eigenvalue weighted by atomic mass is 15.0. The molecule has 0 spiro atoms. The second-order valence-corrected chi connectivity index (χ2v) is 14.6. The van der Waals surface area contributed by atoms with E-state index in [1.54, 1.807) is 0 Å². The molecular formula is C54H40N2. The first kappa shape index (κ1) is 33.4. The molecule has 266 valence electrons. The molecule has 1 aliphatic carbocycles. The number of rotatable bonds is 8. The van der Waals surface area contributed by atoms with Gasteiger partial charge < -0.3 is 9.88 Å². The van der Waals surface area contributed by atoms with Crippen molar-refractivity contribution in [2.24, 2.45) is 0 Å². The molecule has 2 heteroatoms. The summed E-state index contributed by atoms with van der Waals surface area (Å²) in [5.74, 6) is 0. The van der Waals surface area contributed by atoms with Gasteiger partial charge in [-0.25, -0.2) is 0 Å². The molecule has 1 heterocycles. The first-order valence-electron chi connectivity index (χ1n) is 19.5. The van der Waals surface area contributed by atoms with Gasteiger partial charge in [-0.05, 0) is 124 Å². The third-order valence-corrected chi connectivity index (χ3v) is 11.0. The summed E-state index contributed by atoms with van der Waals surface area (Å²) in [5, 5.41) is 6.20. The molecule has 0 fully saturated rings. The lowest BCUT2D eigenvalue weighted by Crippen LogP contribution is -1.98. The molecule has 0 bridgehead atoms. The highest BCUT2D eigenvalue weighted by molar-refractivity contribution is 6.10. The van der Waals surface area contributed by atoms with Crippen molar-refractivity contribution in [3.05, 3.63) is 218 Å². The third kappa shape index (κ3) is 6.42. The summed E-state index contributed by atoms with van der Waals surface area (Å²) >= 11 is 0. The maximum atomic E-state index is 3.70. The number of anilines is 2. The fourth-order valence-corrected chi connectivity index (χ4v) is 8.24. The Labute approximate surface area is 328 Å². The van der Waals surface area contributed by atoms with E-state index >= 15 is 0 Å². The molecule has 1 aromatic heterocycles. The van der Waals surface area contributed by atoms with Gasteiger partial charge in [-0.1, -0.05) is 152 Å². The molecule has 10 rings (SSSR count). The minimum Gasteiger partial charge on any atom is -0.355 e. The molecule has 1 N–H and O–H groups in total. The van der Waals surface area contributed by atoms with Gasteiger partial charge in [0.1, 0.15) is 0 Å². The van der Waals surface area contributed by atoms with Crippen molar-refractivity contribution < 1.29 is 0 Å². The molecule has 0 atom stereocenters. The van der Waals surface area contributed by atoms with E-state index < -0.39 is 0 Å². The molecule has 0 saturated carbocycles. The lowest BCUT2D eigenvalue weighted by atomic mass is 9.93. The van der Waals surface area contributed by atoms with Gasteiger partial charge in [-0.15, -0.1) is 0 Å². The Bertz CT molecular complexity index is 2910. The predicted octanol–water partition coefficient (Wildman–Crippen LogP) is 14.9. The monoisotopic (exact) mass is 716 g/mol. The fourth-order valence-electron chi connectivity index (χ4n) is 8.24. The lowest BCUT2D eigenvalue weighted by molar-refractivity contribution is 1.05. The van der Waals surface area contributed by atoms with Gasteiger partial charge in [0.15, 0.2) is 0 Å². The zero-order valence-corrected chi connectivity index (χ0v) is 31.1. The average molecular weight is 717 g/mol. The molecular weight excluding hydrogens is 677 g/mol. The van der Waals surface area contributed by atoms with Crippen LogP contribution in [0.25, 0.3) is 77.6 Å². The van der Waals surface area contributed by atoms with Crippen LogP contribution in [0, 0.1) is 0 Å². The zero-order valence-electron chi connectivity index (χ0n) is 31.1. The van der Waals surface area contributed by atoms with Crippen molar-refractivity contribution in [2.45, 2.75) is 12.8 Å². The van der Waals surface area contributed by atoms with Crippen LogP contribution in [0.4, 0.5) is 11.4 Å². The number of allylic oxidation sites excluding steroid dienone is 4. The Morgan fingerprint density at radius 2 is 1.02 bits per heavy atom. The van der Waals surface area contributed by atoms with Crippen molar-refractivity contribution in [1.82, 2.24) is 4.57 Å². The standard InChI is InChI=1S/C54H40N2/c1-4-15-38(16-5-1)41-27-30-47(31-28-41)55-52-25-12-10-23-49(52)44-22-14-21-42(33-44)43-29-32-54-51(37-43)50-24-11-13-26-53(50)56(54)48-35-45(39-17-6-2-7-18-39)34-46(36-48)40-19-8-3-9-20-40/h1-8,10-19,21-37,55H,9,20H2. The van der Waals surface area contributed by atoms with E-state index in [9.17, 15) is 0 Å². The predicted molar refractivity (Wildman–Crippen MR) is 239 cm³/mol. The normalized spacial score (nSPS) is 12.5. The molecule has 0 unspecified atom stereocenters. The molecule has 9 aromatic rings. The van der Waals surface area contributed by atoms with E-state index in [0.717, 1.165) is 29.8 Å². The van der Waals surface area contributed by atoms with Crippen molar-refractivity contribution >= 4 is 38.8 Å². The summed E-state index contributed by atoms with van der Waals surface area (Å²) in [6.45, 7) is 0. The average Bonchev–Trinajstić information content (AvgIpc) is 3.61. The first-order chi connectivity index (χ1) is 27.7. The summed E-state index contributed by atoms with van der Waals surface area (Å²) < 4.78 is 2.45. The minimum atomic E-state index is 1.05. The van der Waals surface area contributed by atoms with E-state index in [-0.39, 0.29) is 0 Å². The van der Waals surface area contributed by atoms with Crippen LogP contribution in [0.5, 0.6) is 0 Å². The molecule has 0 aliphatic heterocycles. The van der Waals surface area contributed by atoms with Crippen LogP contribution in [-0.4, -0.2) is 4.57 Å². The maximum Gasteiger partial charge on any atom is 0.0541 e. The van der Waals surface area contributed by atoms with E-state index in [0.29, 0.717) is 0 Å². The number of benzene rings is 8. The third-order valence-electron chi connectivity index (χ3n) is 11.0. The summed E-state index contributed by atoms with van der Waals surface area (Å²) in [5.41, 5.74) is 18.0. The number of hydrogen-bond acceptors (Lipinski definition) is 1. The van der Waals surface area contributed by atoms with E-state index in [2.05, 4.69) is 222 Å². The molecule has 56 heavy (non-hydrogen) atoms. The van der Waals surface area contributed by atoms with Crippen LogP contribution in [-0.2, 0) is 0 Å². The van der Waals surface area contributed by atoms with Crippen LogP contribution in [0.2, 0.25) is 0 Å². The van der Waals surface area contributed by atoms with Crippen LogP contribution in [0.15, 0.2) is 212 Å². The van der Waals surface area contributed by atoms with Gasteiger partial charge >= 0.3 is 0 Å². The maximum absolute atomic E-state index is 3.70. The molecule has 8 aromatic carbocycles. The van der Waals surface area contributed by atoms with Crippen molar-refractivity contribution in [2.75, 3.05) is 5.32 Å². The van der Waals surface area contributed by atoms with Crippen LogP contribution in [0.3, 0.4) is 0 Å². The Balaban J connectivity index is 1.03. The van der Waals surface area contributed by atoms with Crippen molar-refractivity contribution in [3.8, 4) is 50.2 Å². The van der Waals surface area contributed by atoms with Crippen LogP contribution >= 0.6 is 0 Å². The highest BCUT2D eigenvalue weighted by Crippen LogP contribution is 2.39. The van der Waals surface area contributed by atoms with Gasteiger partial charge in [0.2, 0.25) is 0 Å². The van der Waals surface area contributed by atoms with Crippen LogP contribution < -0.4 is 5.32 Å². The quantitative estimate of drug-likeness (QED) is 0.166. The van der Waals surface area contributed by atoms with Gasteiger partial charge in [0.25, 0.3) is 0 Å². The highest BCUT2D eigenvalue weighted by Gasteiger charge is 2.17. The number of para-hydroxylation sites is 2. The van der Waals surface area contributed by atoms with Gasteiger partial charge in [-0.3, -0.25) is 0 Å².